The molecule has 4 aromatic rings. The summed E-state index contributed by atoms with van der Waals surface area (Å²) in [5, 5.41) is 6.45. The molecule has 0 radical (unpaired) electrons. The monoisotopic (exact) mass is 375 g/mol. The van der Waals surface area contributed by atoms with Gasteiger partial charge in [0.1, 0.15) is 16.7 Å². The second-order valence-electron chi connectivity index (χ2n) is 5.44. The van der Waals surface area contributed by atoms with Crippen LogP contribution in [0.25, 0.3) is 22.5 Å². The fraction of sp³-hybridized carbons (Fsp3) is 0.133. The van der Waals surface area contributed by atoms with Gasteiger partial charge in [-0.25, -0.2) is 8.42 Å². The van der Waals surface area contributed by atoms with Crippen LogP contribution in [0.5, 0.6) is 0 Å². The Morgan fingerprint density at radius 1 is 1.16 bits per heavy atom. The van der Waals surface area contributed by atoms with E-state index in [-0.39, 0.29) is 11.6 Å². The molecule has 3 aromatic heterocycles. The third-order valence-electron chi connectivity index (χ3n) is 3.74. The molecule has 10 heteroatoms. The van der Waals surface area contributed by atoms with E-state index >= 15 is 0 Å². The molecule has 1 N–H and O–H groups in total. The summed E-state index contributed by atoms with van der Waals surface area (Å²) in [5.74, 6) is 0.416. The number of sulfonamides is 1. The smallest absolute Gasteiger partial charge is 0.276 e. The van der Waals surface area contributed by atoms with Crippen LogP contribution in [-0.2, 0) is 16.6 Å². The van der Waals surface area contributed by atoms with Crippen molar-refractivity contribution in [1.82, 2.24) is 23.2 Å². The third-order valence-corrected chi connectivity index (χ3v) is 5.97. The molecule has 0 aliphatic carbocycles. The van der Waals surface area contributed by atoms with Gasteiger partial charge >= 0.3 is 0 Å². The highest BCUT2D eigenvalue weighted by atomic mass is 32.2. The summed E-state index contributed by atoms with van der Waals surface area (Å²) in [4.78, 5) is 0. The zero-order chi connectivity index (χ0) is 17.4. The number of aromatic nitrogens is 4. The molecular weight excluding hydrogens is 362 g/mol. The summed E-state index contributed by atoms with van der Waals surface area (Å²) in [6.07, 6.45) is 1.57. The van der Waals surface area contributed by atoms with Crippen molar-refractivity contribution in [1.29, 1.82) is 0 Å². The van der Waals surface area contributed by atoms with Crippen molar-refractivity contribution >= 4 is 32.8 Å². The van der Waals surface area contributed by atoms with Crippen molar-refractivity contribution in [3.8, 4) is 11.5 Å². The zero-order valence-electron chi connectivity index (χ0n) is 13.1. The minimum Gasteiger partial charge on any atom is -0.442 e. The van der Waals surface area contributed by atoms with Gasteiger partial charge in [0.2, 0.25) is 5.09 Å². The number of hydrogen-bond acceptors (Lipinski definition) is 7. The summed E-state index contributed by atoms with van der Waals surface area (Å²) in [5.41, 5.74) is 3.00. The van der Waals surface area contributed by atoms with Gasteiger partial charge in [0, 0.05) is 19.8 Å². The van der Waals surface area contributed by atoms with Gasteiger partial charge in [0.15, 0.2) is 5.76 Å². The van der Waals surface area contributed by atoms with Crippen LogP contribution in [0.15, 0.2) is 52.1 Å². The molecule has 0 saturated carbocycles. The normalized spacial score (nSPS) is 12.2. The lowest BCUT2D eigenvalue weighted by atomic mass is 10.2. The lowest BCUT2D eigenvalue weighted by Crippen LogP contribution is -2.26. The Bertz CT molecular complexity index is 1120. The predicted molar refractivity (Wildman–Crippen MR) is 92.4 cm³/mol. The molecule has 0 saturated heterocycles. The van der Waals surface area contributed by atoms with E-state index in [4.69, 9.17) is 4.42 Å². The SMILES string of the molecule is CN(Cc1ccc2nsnc2c1)S(=O)(=O)c1ccc(-c2ccn[nH]2)o1. The molecule has 4 rings (SSSR count). The lowest BCUT2D eigenvalue weighted by molar-refractivity contribution is 0.412. The lowest BCUT2D eigenvalue weighted by Gasteiger charge is -2.15. The van der Waals surface area contributed by atoms with Crippen LogP contribution in [0, 0.1) is 0 Å². The molecule has 25 heavy (non-hydrogen) atoms. The molecule has 0 aliphatic rings. The van der Waals surface area contributed by atoms with E-state index in [9.17, 15) is 8.42 Å². The van der Waals surface area contributed by atoms with E-state index in [0.717, 1.165) is 28.3 Å². The van der Waals surface area contributed by atoms with Crippen LogP contribution in [0.3, 0.4) is 0 Å². The van der Waals surface area contributed by atoms with E-state index in [0.29, 0.717) is 11.5 Å². The quantitative estimate of drug-likeness (QED) is 0.574. The maximum atomic E-state index is 12.7. The van der Waals surface area contributed by atoms with Gasteiger partial charge in [0.05, 0.1) is 11.7 Å². The van der Waals surface area contributed by atoms with Gasteiger partial charge < -0.3 is 4.42 Å². The van der Waals surface area contributed by atoms with Gasteiger partial charge in [0.25, 0.3) is 10.0 Å². The van der Waals surface area contributed by atoms with E-state index in [1.54, 1.807) is 18.3 Å². The Hall–Kier alpha value is -2.56. The number of furan rings is 1. The fourth-order valence-corrected chi connectivity index (χ4v) is 4.00. The topological polar surface area (TPSA) is 105 Å². The molecular formula is C15H13N5O3S2. The van der Waals surface area contributed by atoms with Crippen LogP contribution < -0.4 is 0 Å². The summed E-state index contributed by atoms with van der Waals surface area (Å²) < 4.78 is 40.5. The molecule has 128 valence electrons. The van der Waals surface area contributed by atoms with Gasteiger partial charge in [-0.3, -0.25) is 5.10 Å². The fourth-order valence-electron chi connectivity index (χ4n) is 2.42. The number of benzene rings is 1. The minimum atomic E-state index is -3.75. The summed E-state index contributed by atoms with van der Waals surface area (Å²) in [6.45, 7) is 0.204. The van der Waals surface area contributed by atoms with Crippen molar-refractivity contribution in [2.75, 3.05) is 7.05 Å². The van der Waals surface area contributed by atoms with Crippen LogP contribution in [-0.4, -0.2) is 38.7 Å². The van der Waals surface area contributed by atoms with E-state index in [1.165, 1.54) is 17.4 Å². The van der Waals surface area contributed by atoms with Crippen molar-refractivity contribution in [2.45, 2.75) is 11.6 Å². The predicted octanol–water partition coefficient (Wildman–Crippen LogP) is 2.50. The molecule has 3 heterocycles. The Morgan fingerprint density at radius 2 is 2.00 bits per heavy atom. The van der Waals surface area contributed by atoms with Crippen LogP contribution in [0.1, 0.15) is 5.56 Å². The summed E-state index contributed by atoms with van der Waals surface area (Å²) in [6, 6.07) is 10.3. The molecule has 0 bridgehead atoms. The van der Waals surface area contributed by atoms with E-state index in [1.807, 2.05) is 18.2 Å². The number of nitrogens with zero attached hydrogens (tertiary/aromatic N) is 4. The first-order valence-electron chi connectivity index (χ1n) is 7.31. The molecule has 0 amide bonds. The first kappa shape index (κ1) is 15.9. The maximum Gasteiger partial charge on any atom is 0.276 e. The van der Waals surface area contributed by atoms with Gasteiger partial charge in [-0.2, -0.15) is 18.2 Å². The highest BCUT2D eigenvalue weighted by Gasteiger charge is 2.25. The average Bonchev–Trinajstić information content (AvgIpc) is 3.33. The highest BCUT2D eigenvalue weighted by Crippen LogP contribution is 2.25. The molecule has 0 aliphatic heterocycles. The molecule has 0 spiro atoms. The number of rotatable bonds is 5. The Kier molecular flexibility index (Phi) is 3.86. The van der Waals surface area contributed by atoms with Crippen molar-refractivity contribution in [3.05, 3.63) is 48.2 Å². The van der Waals surface area contributed by atoms with Crippen molar-refractivity contribution in [3.63, 3.8) is 0 Å². The van der Waals surface area contributed by atoms with E-state index in [2.05, 4.69) is 18.9 Å². The first-order chi connectivity index (χ1) is 12.0. The zero-order valence-corrected chi connectivity index (χ0v) is 14.7. The van der Waals surface area contributed by atoms with Gasteiger partial charge in [-0.15, -0.1) is 0 Å². The average molecular weight is 375 g/mol. The summed E-state index contributed by atoms with van der Waals surface area (Å²) >= 11 is 1.13. The molecule has 0 fully saturated rings. The molecule has 0 unspecified atom stereocenters. The van der Waals surface area contributed by atoms with Gasteiger partial charge in [-0.1, -0.05) is 6.07 Å². The molecule has 1 aromatic carbocycles. The van der Waals surface area contributed by atoms with Gasteiger partial charge in [-0.05, 0) is 35.9 Å². The number of H-pyrrole nitrogens is 1. The van der Waals surface area contributed by atoms with Crippen molar-refractivity contribution in [2.24, 2.45) is 0 Å². The Balaban J connectivity index is 1.58. The van der Waals surface area contributed by atoms with Crippen LogP contribution in [0.4, 0.5) is 0 Å². The number of fused-ring (bicyclic) bond motifs is 1. The standard InChI is InChI=1S/C15H13N5O3S2/c1-20(9-10-2-3-11-13(8-10)19-24-18-11)25(21,22)15-5-4-14(23-15)12-6-7-16-17-12/h2-8H,9H2,1H3,(H,16,17). The second kappa shape index (κ2) is 6.06. The third kappa shape index (κ3) is 2.95. The maximum absolute atomic E-state index is 12.7. The summed E-state index contributed by atoms with van der Waals surface area (Å²) in [7, 11) is -2.24. The van der Waals surface area contributed by atoms with Crippen LogP contribution in [0.2, 0.25) is 0 Å². The number of nitrogens with one attached hydrogen (secondary N) is 1. The number of aromatic amines is 1. The molecule has 0 atom stereocenters. The molecule has 8 nitrogen and oxygen atoms in total. The first-order valence-corrected chi connectivity index (χ1v) is 9.48. The highest BCUT2D eigenvalue weighted by molar-refractivity contribution is 7.88. The Morgan fingerprint density at radius 3 is 2.80 bits per heavy atom. The largest absolute Gasteiger partial charge is 0.442 e. The van der Waals surface area contributed by atoms with Crippen molar-refractivity contribution < 1.29 is 12.8 Å². The minimum absolute atomic E-state index is 0.115. The van der Waals surface area contributed by atoms with E-state index < -0.39 is 10.0 Å². The van der Waals surface area contributed by atoms with Crippen LogP contribution >= 0.6 is 11.7 Å². The number of hydrogen-bond donors (Lipinski definition) is 1. The Labute approximate surface area is 147 Å². The second-order valence-corrected chi connectivity index (χ2v) is 7.94.